The molecule has 0 aromatic heterocycles. The number of carbonyl (C=O) groups excluding carboxylic acids is 3. The third-order valence-electron chi connectivity index (χ3n) is 11.4. The van der Waals surface area contributed by atoms with Gasteiger partial charge in [-0.25, -0.2) is 0 Å². The van der Waals surface area contributed by atoms with Crippen LogP contribution in [0.15, 0.2) is 0 Å². The monoisotopic (exact) mass is 935 g/mol. The summed E-state index contributed by atoms with van der Waals surface area (Å²) in [6.07, 6.45) is -36.6. The van der Waals surface area contributed by atoms with Crippen molar-refractivity contribution in [2.75, 3.05) is 39.6 Å². The second-order valence-electron chi connectivity index (χ2n) is 16.1. The van der Waals surface area contributed by atoms with Crippen molar-refractivity contribution in [1.82, 2.24) is 16.0 Å². The molecule has 0 unspecified atom stereocenters. The molecule has 370 valence electrons. The fourth-order valence-corrected chi connectivity index (χ4v) is 8.06. The van der Waals surface area contributed by atoms with Gasteiger partial charge in [-0.2, -0.15) is 0 Å². The number of hydrogen-bond donors (Lipinski definition) is 16. The summed E-state index contributed by atoms with van der Waals surface area (Å²) in [5.74, 6) is -1.98. The Bertz CT molecular complexity index is 1520. The molecule has 5 aliphatic rings. The highest BCUT2D eigenvalue weighted by atomic mass is 16.8. The van der Waals surface area contributed by atoms with E-state index in [1.165, 1.54) is 6.92 Å². The first-order valence-electron chi connectivity index (χ1n) is 20.4. The third-order valence-corrected chi connectivity index (χ3v) is 11.4. The zero-order valence-corrected chi connectivity index (χ0v) is 34.8. The van der Waals surface area contributed by atoms with E-state index in [2.05, 4.69) is 16.0 Å². The van der Waals surface area contributed by atoms with Gasteiger partial charge >= 0.3 is 0 Å². The summed E-state index contributed by atoms with van der Waals surface area (Å²) in [5, 5.41) is 146. The topological polar surface area (TPSA) is 433 Å². The molecule has 0 aromatic carbocycles. The van der Waals surface area contributed by atoms with Crippen LogP contribution in [0.2, 0.25) is 0 Å². The summed E-state index contributed by atoms with van der Waals surface area (Å²) in [6.45, 7) is -1.02. The minimum atomic E-state index is -2.08. The number of carbonyl (C=O) groups is 3. The Kier molecular flexibility index (Phi) is 18.9. The highest BCUT2D eigenvalue weighted by Gasteiger charge is 2.55. The molecule has 5 aliphatic heterocycles. The van der Waals surface area contributed by atoms with Crippen molar-refractivity contribution in [2.45, 2.75) is 168 Å². The Morgan fingerprint density at radius 3 is 1.44 bits per heavy atom. The van der Waals surface area contributed by atoms with Crippen LogP contribution in [0.4, 0.5) is 0 Å². The quantitative estimate of drug-likeness (QED) is 0.0683. The molecule has 0 radical (unpaired) electrons. The minimum absolute atomic E-state index is 0.213. The van der Waals surface area contributed by atoms with E-state index in [9.17, 15) is 80.8 Å². The average molecular weight is 936 g/mol. The minimum Gasteiger partial charge on any atom is -0.394 e. The molecule has 16 N–H and O–H groups in total. The van der Waals surface area contributed by atoms with Crippen LogP contribution in [0.5, 0.6) is 0 Å². The predicted molar refractivity (Wildman–Crippen MR) is 200 cm³/mol. The molecular weight excluding hydrogens is 874 g/mol. The maximum absolute atomic E-state index is 12.4. The van der Waals surface area contributed by atoms with E-state index < -0.39 is 198 Å². The Hall–Kier alpha value is -2.47. The zero-order chi connectivity index (χ0) is 47.3. The largest absolute Gasteiger partial charge is 0.394 e. The molecule has 0 saturated carbocycles. The summed E-state index contributed by atoms with van der Waals surface area (Å²) in [6, 6.07) is -4.12. The van der Waals surface area contributed by atoms with Crippen LogP contribution in [0.3, 0.4) is 0 Å². The predicted octanol–water partition coefficient (Wildman–Crippen LogP) is -10.8. The van der Waals surface area contributed by atoms with E-state index in [0.717, 1.165) is 13.8 Å². The van der Waals surface area contributed by atoms with Crippen LogP contribution in [0.1, 0.15) is 20.8 Å². The first-order valence-corrected chi connectivity index (χ1v) is 20.4. The molecule has 0 aliphatic carbocycles. The summed E-state index contributed by atoms with van der Waals surface area (Å²) in [7, 11) is 0. The molecule has 5 rings (SSSR count). The number of amides is 3. The number of ether oxygens (including phenoxy) is 9. The lowest BCUT2D eigenvalue weighted by Crippen LogP contribution is -2.69. The lowest BCUT2D eigenvalue weighted by atomic mass is 9.94. The Morgan fingerprint density at radius 1 is 0.453 bits per heavy atom. The van der Waals surface area contributed by atoms with Crippen molar-refractivity contribution >= 4 is 17.7 Å². The van der Waals surface area contributed by atoms with E-state index in [-0.39, 0.29) is 6.61 Å². The van der Waals surface area contributed by atoms with Crippen molar-refractivity contribution in [3.05, 3.63) is 0 Å². The lowest BCUT2D eigenvalue weighted by molar-refractivity contribution is -0.372. The lowest BCUT2D eigenvalue weighted by Gasteiger charge is -2.49. The summed E-state index contributed by atoms with van der Waals surface area (Å²) < 4.78 is 51.8. The van der Waals surface area contributed by atoms with E-state index in [1.54, 1.807) is 0 Å². The normalized spacial score (nSPS) is 46.5. The summed E-state index contributed by atoms with van der Waals surface area (Å²) in [4.78, 5) is 36.1. The SMILES string of the molecule is CC(=O)N[C@H]1[C@H](O[C@H]2[C@H](O)[C@@H](NC(C)=O)CO[C@@H]2CO)O[C@H](CO)[C@@H](O[C@H]2O[C@H](CO[C@@H]3O[C@H](CO)[C@@H](O)[C@H](O)[C@@H]3O[C@H]3O[C@H](CO)[C@@H](O)[C@H](O)[C@H]3NC(C)=O)[C@@H](O)[C@H](O)[C@@H]2O)[C@@H]1O. The van der Waals surface area contributed by atoms with Gasteiger partial charge in [-0.3, -0.25) is 14.4 Å². The number of nitrogens with one attached hydrogen (secondary N) is 3. The van der Waals surface area contributed by atoms with Gasteiger partial charge in [0.1, 0.15) is 116 Å². The summed E-state index contributed by atoms with van der Waals surface area (Å²) in [5.41, 5.74) is 0. The maximum Gasteiger partial charge on any atom is 0.217 e. The Morgan fingerprint density at radius 2 is 0.891 bits per heavy atom. The molecule has 0 aromatic rings. The second-order valence-corrected chi connectivity index (χ2v) is 16.1. The number of aliphatic hydroxyl groups excluding tert-OH is 13. The van der Waals surface area contributed by atoms with Gasteiger partial charge in [0.25, 0.3) is 0 Å². The molecule has 0 spiro atoms. The van der Waals surface area contributed by atoms with E-state index >= 15 is 0 Å². The molecule has 24 atom stereocenters. The van der Waals surface area contributed by atoms with Gasteiger partial charge in [0.2, 0.25) is 17.7 Å². The van der Waals surface area contributed by atoms with Crippen LogP contribution in [-0.2, 0) is 57.0 Å². The van der Waals surface area contributed by atoms with Crippen molar-refractivity contribution in [3.8, 4) is 0 Å². The van der Waals surface area contributed by atoms with E-state index in [4.69, 9.17) is 42.6 Å². The molecule has 5 heterocycles. The molecule has 28 heteroatoms. The highest BCUT2D eigenvalue weighted by molar-refractivity contribution is 5.74. The van der Waals surface area contributed by atoms with Crippen molar-refractivity contribution in [1.29, 1.82) is 0 Å². The second kappa shape index (κ2) is 23.0. The number of rotatable bonds is 16. The third kappa shape index (κ3) is 11.8. The van der Waals surface area contributed by atoms with Gasteiger partial charge in [0.15, 0.2) is 25.2 Å². The number of hydrogen-bond acceptors (Lipinski definition) is 25. The van der Waals surface area contributed by atoms with Crippen LogP contribution < -0.4 is 16.0 Å². The fraction of sp³-hybridized carbons (Fsp3) is 0.917. The van der Waals surface area contributed by atoms with Gasteiger partial charge in [-0.15, -0.1) is 0 Å². The molecular formula is C36H61N3O25. The standard InChI is InChI=1S/C36H61N3O25/c1-10(44)37-13-8-56-16(6-42)30(21(13)47)62-34-20(39-12(3)46)26(52)31(17(7-43)60-34)63-35-29(55)27(53)24(50)18(61-35)9-57-36-32(28(54)23(49)15(5-41)59-36)64-33-19(38-11(2)45)25(51)22(48)14(4-40)58-33/h13-36,40-43,47-55H,4-9H2,1-3H3,(H,37,44)(H,38,45)(H,39,46)/t13-,14+,15+,16+,17+,18+,19+,20+,21+,22+,23+,24+,25+,26+,27-,28-,29-,30+,31+,32-,33+,34-,35+,36+/m0/s1. The van der Waals surface area contributed by atoms with Crippen LogP contribution >= 0.6 is 0 Å². The van der Waals surface area contributed by atoms with Crippen molar-refractivity contribution < 1.29 is 123 Å². The van der Waals surface area contributed by atoms with Crippen molar-refractivity contribution in [3.63, 3.8) is 0 Å². The zero-order valence-electron chi connectivity index (χ0n) is 34.8. The van der Waals surface area contributed by atoms with Gasteiger partial charge in [0.05, 0.1) is 45.7 Å². The molecule has 5 fully saturated rings. The Balaban J connectivity index is 1.33. The van der Waals surface area contributed by atoms with E-state index in [1.807, 2.05) is 0 Å². The van der Waals surface area contributed by atoms with Crippen LogP contribution in [0, 0.1) is 0 Å². The van der Waals surface area contributed by atoms with Crippen molar-refractivity contribution in [2.24, 2.45) is 0 Å². The summed E-state index contributed by atoms with van der Waals surface area (Å²) >= 11 is 0. The smallest absolute Gasteiger partial charge is 0.217 e. The first kappa shape index (κ1) is 52.5. The van der Waals surface area contributed by atoms with Gasteiger partial charge < -0.3 is 125 Å². The van der Waals surface area contributed by atoms with E-state index in [0.29, 0.717) is 0 Å². The van der Waals surface area contributed by atoms with Gasteiger partial charge in [-0.1, -0.05) is 0 Å². The molecule has 64 heavy (non-hydrogen) atoms. The Labute approximate surface area is 364 Å². The van der Waals surface area contributed by atoms with Gasteiger partial charge in [0, 0.05) is 20.8 Å². The maximum atomic E-state index is 12.4. The highest BCUT2D eigenvalue weighted by Crippen LogP contribution is 2.34. The molecule has 3 amide bonds. The fourth-order valence-electron chi connectivity index (χ4n) is 8.06. The molecule has 0 bridgehead atoms. The number of aliphatic hydroxyl groups is 13. The van der Waals surface area contributed by atoms with Crippen LogP contribution in [0.25, 0.3) is 0 Å². The molecule has 28 nitrogen and oxygen atoms in total. The molecule has 5 saturated heterocycles. The van der Waals surface area contributed by atoms with Gasteiger partial charge in [-0.05, 0) is 0 Å². The average Bonchev–Trinajstić information content (AvgIpc) is 3.25. The van der Waals surface area contributed by atoms with Crippen LogP contribution in [-0.4, -0.2) is 271 Å². The first-order chi connectivity index (χ1) is 30.3.